The van der Waals surface area contributed by atoms with Crippen LogP contribution in [0.2, 0.25) is 0 Å². The fourth-order valence-electron chi connectivity index (χ4n) is 3.15. The zero-order valence-electron chi connectivity index (χ0n) is 16.3. The Morgan fingerprint density at radius 3 is 2.57 bits per heavy atom. The highest BCUT2D eigenvalue weighted by atomic mass is 79.9. The van der Waals surface area contributed by atoms with Gasteiger partial charge in [-0.1, -0.05) is 52.3 Å². The minimum atomic E-state index is -0.138. The Morgan fingerprint density at radius 1 is 1.03 bits per heavy atom. The Balaban J connectivity index is 1.92. The SMILES string of the molecule is C=[N+](OC)c1cccc(-n2c(/C=C\c3ccc(Br)cc3)nc3ccccc3c2=O)c1. The molecule has 0 aliphatic carbocycles. The van der Waals surface area contributed by atoms with Gasteiger partial charge in [0, 0.05) is 21.3 Å². The molecular formula is C24H19BrN3O2+. The van der Waals surface area contributed by atoms with Crippen LogP contribution in [0.5, 0.6) is 0 Å². The molecule has 0 spiro atoms. The largest absolute Gasteiger partial charge is 0.275 e. The maximum atomic E-state index is 13.4. The number of halogens is 1. The van der Waals surface area contributed by atoms with Gasteiger partial charge < -0.3 is 0 Å². The second kappa shape index (κ2) is 8.47. The fourth-order valence-corrected chi connectivity index (χ4v) is 3.41. The highest BCUT2D eigenvalue weighted by Gasteiger charge is 2.14. The summed E-state index contributed by atoms with van der Waals surface area (Å²) in [6, 6.07) is 22.7. The number of aromatic nitrogens is 2. The van der Waals surface area contributed by atoms with Crippen LogP contribution in [0.15, 0.2) is 82.1 Å². The lowest BCUT2D eigenvalue weighted by Crippen LogP contribution is -2.22. The first-order chi connectivity index (χ1) is 14.6. The highest BCUT2D eigenvalue weighted by Crippen LogP contribution is 2.20. The van der Waals surface area contributed by atoms with Crippen LogP contribution < -0.4 is 5.56 Å². The van der Waals surface area contributed by atoms with Crippen LogP contribution in [0.4, 0.5) is 5.69 Å². The zero-order chi connectivity index (χ0) is 21.1. The number of hydrogen-bond donors (Lipinski definition) is 0. The third-order valence-corrected chi connectivity index (χ3v) is 5.22. The summed E-state index contributed by atoms with van der Waals surface area (Å²) in [5.74, 6) is 0.534. The van der Waals surface area contributed by atoms with Crippen LogP contribution in [0.25, 0.3) is 28.7 Å². The predicted molar refractivity (Wildman–Crippen MR) is 124 cm³/mol. The van der Waals surface area contributed by atoms with Crippen molar-refractivity contribution < 1.29 is 9.58 Å². The van der Waals surface area contributed by atoms with Gasteiger partial charge in [0.05, 0.1) is 16.6 Å². The van der Waals surface area contributed by atoms with Crippen molar-refractivity contribution in [2.75, 3.05) is 7.11 Å². The molecule has 3 aromatic carbocycles. The van der Waals surface area contributed by atoms with E-state index in [0.717, 1.165) is 15.7 Å². The van der Waals surface area contributed by atoms with Crippen LogP contribution in [-0.4, -0.2) is 28.1 Å². The van der Waals surface area contributed by atoms with Crippen LogP contribution in [0.3, 0.4) is 0 Å². The van der Waals surface area contributed by atoms with Crippen molar-refractivity contribution in [2.24, 2.45) is 0 Å². The highest BCUT2D eigenvalue weighted by molar-refractivity contribution is 9.10. The summed E-state index contributed by atoms with van der Waals surface area (Å²) in [6.45, 7) is 3.83. The van der Waals surface area contributed by atoms with E-state index in [2.05, 4.69) is 22.6 Å². The molecule has 148 valence electrons. The molecule has 0 saturated carbocycles. The van der Waals surface area contributed by atoms with Gasteiger partial charge in [-0.2, -0.15) is 0 Å². The molecule has 0 radical (unpaired) electrons. The summed E-state index contributed by atoms with van der Waals surface area (Å²) in [4.78, 5) is 23.3. The lowest BCUT2D eigenvalue weighted by atomic mass is 10.2. The third-order valence-electron chi connectivity index (χ3n) is 4.69. The molecule has 0 unspecified atom stereocenters. The van der Waals surface area contributed by atoms with E-state index in [-0.39, 0.29) is 5.56 Å². The molecule has 0 atom stereocenters. The second-order valence-electron chi connectivity index (χ2n) is 6.59. The molecule has 5 nitrogen and oxygen atoms in total. The third kappa shape index (κ3) is 3.95. The van der Waals surface area contributed by atoms with E-state index >= 15 is 0 Å². The number of rotatable bonds is 5. The molecule has 6 heteroatoms. The lowest BCUT2D eigenvalue weighted by molar-refractivity contribution is -0.714. The van der Waals surface area contributed by atoms with E-state index in [4.69, 9.17) is 9.82 Å². The van der Waals surface area contributed by atoms with Crippen LogP contribution in [0.1, 0.15) is 11.4 Å². The van der Waals surface area contributed by atoms with Crippen molar-refractivity contribution in [3.63, 3.8) is 0 Å². The van der Waals surface area contributed by atoms with Gasteiger partial charge in [0.25, 0.3) is 11.2 Å². The number of benzene rings is 3. The molecule has 0 N–H and O–H groups in total. The topological polar surface area (TPSA) is 47.1 Å². The molecule has 0 saturated heterocycles. The number of fused-ring (bicyclic) bond motifs is 1. The van der Waals surface area contributed by atoms with Gasteiger partial charge in [-0.15, -0.1) is 0 Å². The predicted octanol–water partition coefficient (Wildman–Crippen LogP) is 5.22. The Bertz CT molecular complexity index is 1320. The number of nitrogens with zero attached hydrogens (tertiary/aromatic N) is 3. The first-order valence-corrected chi connectivity index (χ1v) is 10.1. The smallest absolute Gasteiger partial charge is 0.266 e. The standard InChI is InChI=1S/C24H19BrN3O2/c1-27(30-2)19-6-5-7-20(16-19)28-23(15-12-17-10-13-18(25)14-11-17)26-22-9-4-3-8-21(22)24(28)29/h3-16H,1H2,2H3/q+1/b15-12-. The Hall–Kier alpha value is -3.51. The summed E-state index contributed by atoms with van der Waals surface area (Å²) in [5, 5.41) is 0.557. The molecule has 1 heterocycles. The van der Waals surface area contributed by atoms with E-state index in [1.165, 1.54) is 11.8 Å². The summed E-state index contributed by atoms with van der Waals surface area (Å²) in [5.41, 5.74) is 2.92. The minimum Gasteiger partial charge on any atom is -0.275 e. The molecular weight excluding hydrogens is 442 g/mol. The van der Waals surface area contributed by atoms with E-state index in [1.54, 1.807) is 10.6 Å². The number of hydrogen-bond acceptors (Lipinski definition) is 3. The molecule has 0 fully saturated rings. The van der Waals surface area contributed by atoms with E-state index in [0.29, 0.717) is 22.4 Å². The van der Waals surface area contributed by atoms with Crippen LogP contribution in [-0.2, 0) is 4.84 Å². The van der Waals surface area contributed by atoms with Crippen LogP contribution in [0, 0.1) is 0 Å². The van der Waals surface area contributed by atoms with Gasteiger partial charge in [-0.25, -0.2) is 4.98 Å². The molecule has 30 heavy (non-hydrogen) atoms. The summed E-state index contributed by atoms with van der Waals surface area (Å²) in [7, 11) is 1.54. The van der Waals surface area contributed by atoms with Gasteiger partial charge >= 0.3 is 0 Å². The molecule has 0 aliphatic rings. The summed E-state index contributed by atoms with van der Waals surface area (Å²) >= 11 is 3.44. The van der Waals surface area contributed by atoms with E-state index in [9.17, 15) is 4.79 Å². The lowest BCUT2D eigenvalue weighted by Gasteiger charge is -2.11. The molecule has 4 rings (SSSR count). The average molecular weight is 461 g/mol. The zero-order valence-corrected chi connectivity index (χ0v) is 17.9. The second-order valence-corrected chi connectivity index (χ2v) is 7.51. The van der Waals surface area contributed by atoms with Crippen molar-refractivity contribution >= 4 is 51.4 Å². The summed E-state index contributed by atoms with van der Waals surface area (Å²) < 4.78 is 4.00. The minimum absolute atomic E-state index is 0.138. The normalized spacial score (nSPS) is 11.1. The maximum absolute atomic E-state index is 13.4. The van der Waals surface area contributed by atoms with E-state index < -0.39 is 0 Å². The molecule has 1 aromatic heterocycles. The molecule has 4 aromatic rings. The van der Waals surface area contributed by atoms with Gasteiger partial charge in [0.15, 0.2) is 6.72 Å². The van der Waals surface area contributed by atoms with E-state index in [1.807, 2.05) is 78.9 Å². The first-order valence-electron chi connectivity index (χ1n) is 9.27. The monoisotopic (exact) mass is 460 g/mol. The van der Waals surface area contributed by atoms with Crippen LogP contribution >= 0.6 is 15.9 Å². The van der Waals surface area contributed by atoms with Gasteiger partial charge in [-0.05, 0) is 42.0 Å². The average Bonchev–Trinajstić information content (AvgIpc) is 2.78. The number of para-hydroxylation sites is 1. The molecule has 0 bridgehead atoms. The summed E-state index contributed by atoms with van der Waals surface area (Å²) in [6.07, 6.45) is 3.79. The Morgan fingerprint density at radius 2 is 1.80 bits per heavy atom. The van der Waals surface area contributed by atoms with Gasteiger partial charge in [-0.3, -0.25) is 14.2 Å². The van der Waals surface area contributed by atoms with Crippen molar-refractivity contribution in [3.05, 3.63) is 99.0 Å². The van der Waals surface area contributed by atoms with Crippen molar-refractivity contribution in [2.45, 2.75) is 0 Å². The molecule has 0 aliphatic heterocycles. The van der Waals surface area contributed by atoms with Crippen molar-refractivity contribution in [1.82, 2.24) is 9.55 Å². The van der Waals surface area contributed by atoms with Gasteiger partial charge in [0.2, 0.25) is 0 Å². The maximum Gasteiger partial charge on any atom is 0.266 e. The first kappa shape index (κ1) is 19.8. The Kier molecular flexibility index (Phi) is 5.59. The Labute approximate surface area is 182 Å². The fraction of sp³-hybridized carbons (Fsp3) is 0.0417. The quantitative estimate of drug-likeness (QED) is 0.233. The van der Waals surface area contributed by atoms with Crippen molar-refractivity contribution in [3.8, 4) is 5.69 Å². The van der Waals surface area contributed by atoms with Gasteiger partial charge in [0.1, 0.15) is 12.9 Å². The van der Waals surface area contributed by atoms with Crippen molar-refractivity contribution in [1.29, 1.82) is 0 Å². The molecule has 0 amide bonds.